The van der Waals surface area contributed by atoms with Gasteiger partial charge in [0, 0.05) is 34.8 Å². The molecule has 0 spiro atoms. The average Bonchev–Trinajstić information content (AvgIpc) is 0.697. The van der Waals surface area contributed by atoms with Crippen LogP contribution in [0.5, 0.6) is 0 Å². The van der Waals surface area contributed by atoms with Crippen molar-refractivity contribution in [3.63, 3.8) is 0 Å². The molecule has 21 aromatic carbocycles. The third-order valence-electron chi connectivity index (χ3n) is 28.2. The molecule has 694 valence electrons. The van der Waals surface area contributed by atoms with Crippen LogP contribution in [0.3, 0.4) is 0 Å². The fourth-order valence-corrected chi connectivity index (χ4v) is 21.8. The maximum Gasteiger partial charge on any atom is 3.00 e. The molecule has 0 saturated carbocycles. The zero-order valence-electron chi connectivity index (χ0n) is 79.3. The summed E-state index contributed by atoms with van der Waals surface area (Å²) in [4.78, 5) is 29.7. The first kappa shape index (κ1) is 93.1. The number of nitrogens with zero attached hydrogens (tertiary/aromatic N) is 6. The minimum atomic E-state index is 0. The summed E-state index contributed by atoms with van der Waals surface area (Å²) in [6, 6.07) is 184. The van der Waals surface area contributed by atoms with Gasteiger partial charge in [0.2, 0.25) is 0 Å². The van der Waals surface area contributed by atoms with E-state index in [1.807, 2.05) is 110 Å². The van der Waals surface area contributed by atoms with Crippen LogP contribution in [0.25, 0.3) is 277 Å². The molecule has 0 radical (unpaired) electrons. The molecular formula is C138H80Cl2Ir2N6. The molecule has 0 atom stereocenters. The normalized spacial score (nSPS) is 11.3. The van der Waals surface area contributed by atoms with Crippen molar-refractivity contribution < 1.29 is 40.2 Å². The van der Waals surface area contributed by atoms with Crippen molar-refractivity contribution in [1.82, 2.24) is 29.9 Å². The second-order valence-electron chi connectivity index (χ2n) is 36.7. The summed E-state index contributed by atoms with van der Waals surface area (Å²) in [7, 11) is 0. The first-order valence-electron chi connectivity index (χ1n) is 48.7. The van der Waals surface area contributed by atoms with Gasteiger partial charge in [-0.25, -0.2) is 0 Å². The molecular weight excluding hydrogens is 2200 g/mol. The van der Waals surface area contributed by atoms with Gasteiger partial charge in [0.1, 0.15) is 0 Å². The molecule has 5 heterocycles. The molecule has 5 aromatic heterocycles. The number of benzene rings is 21. The predicted molar refractivity (Wildman–Crippen MR) is 604 cm³/mol. The Balaban J connectivity index is 0.00000585. The Labute approximate surface area is 895 Å². The fraction of sp³-hybridized carbons (Fsp3) is 0. The second kappa shape index (κ2) is 40.4. The smallest absolute Gasteiger partial charge is 0.305 e. The summed E-state index contributed by atoms with van der Waals surface area (Å²) in [6.45, 7) is 0. The van der Waals surface area contributed by atoms with Crippen molar-refractivity contribution in [2.75, 3.05) is 0 Å². The molecule has 10 heteroatoms. The Hall–Kier alpha value is -17.3. The van der Waals surface area contributed by atoms with Crippen LogP contribution in [-0.4, -0.2) is 29.9 Å². The average molecular weight is 2280 g/mol. The van der Waals surface area contributed by atoms with E-state index in [0.717, 1.165) is 277 Å². The Kier molecular flexibility index (Phi) is 25.4. The van der Waals surface area contributed by atoms with Crippen molar-refractivity contribution >= 4 is 77.3 Å². The van der Waals surface area contributed by atoms with E-state index in [1.165, 1.54) is 0 Å². The summed E-state index contributed by atoms with van der Waals surface area (Å²) in [5, 5.41) is 9.00. The molecule has 0 amide bonds. The molecule has 0 bridgehead atoms. The van der Waals surface area contributed by atoms with E-state index >= 15 is 0 Å². The fourth-order valence-electron chi connectivity index (χ4n) is 21.4. The maximum atomic E-state index is 7.49. The Morgan fingerprint density at radius 2 is 0.419 bits per heavy atom. The number of halogens is 2. The molecule has 0 fully saturated rings. The monoisotopic (exact) mass is 2280 g/mol. The van der Waals surface area contributed by atoms with Crippen LogP contribution in [0, 0.1) is 36.4 Å². The Morgan fingerprint density at radius 1 is 0.162 bits per heavy atom. The van der Waals surface area contributed by atoms with Gasteiger partial charge in [0.15, 0.2) is 0 Å². The number of rotatable bonds is 20. The summed E-state index contributed by atoms with van der Waals surface area (Å²) in [5.74, 6) is 0. The molecule has 0 aliphatic heterocycles. The van der Waals surface area contributed by atoms with Gasteiger partial charge in [0.05, 0.1) is 6.33 Å². The van der Waals surface area contributed by atoms with E-state index in [1.54, 1.807) is 6.33 Å². The second-order valence-corrected chi connectivity index (χ2v) is 37.6. The molecule has 6 nitrogen and oxygen atoms in total. The first-order chi connectivity index (χ1) is 72.2. The van der Waals surface area contributed by atoms with E-state index < -0.39 is 0 Å². The number of hydrogen-bond acceptors (Lipinski definition) is 6. The summed E-state index contributed by atoms with van der Waals surface area (Å²) in [5.41, 5.74) is 41.2. The molecule has 26 rings (SSSR count). The van der Waals surface area contributed by atoms with Crippen LogP contribution < -0.4 is 0 Å². The van der Waals surface area contributed by atoms with E-state index in [4.69, 9.17) is 53.1 Å². The van der Waals surface area contributed by atoms with Crippen molar-refractivity contribution in [2.45, 2.75) is 0 Å². The first-order valence-corrected chi connectivity index (χ1v) is 49.5. The molecule has 0 N–H and O–H groups in total. The van der Waals surface area contributed by atoms with Crippen LogP contribution in [-0.2, 0) is 40.2 Å². The maximum absolute atomic E-state index is 7.49. The van der Waals surface area contributed by atoms with Gasteiger partial charge in [-0.1, -0.05) is 436 Å². The zero-order valence-corrected chi connectivity index (χ0v) is 85.6. The Bertz CT molecular complexity index is 8640. The number of fused-ring (bicyclic) bond motifs is 6. The third-order valence-corrected chi connectivity index (χ3v) is 28.7. The van der Waals surface area contributed by atoms with Gasteiger partial charge < -0.3 is 19.9 Å². The molecule has 148 heavy (non-hydrogen) atoms. The van der Waals surface area contributed by atoms with Crippen molar-refractivity contribution in [3.8, 4) is 223 Å². The minimum absolute atomic E-state index is 0. The number of pyridine rings is 4. The van der Waals surface area contributed by atoms with Crippen LogP contribution in [0.4, 0.5) is 0 Å². The van der Waals surface area contributed by atoms with Gasteiger partial charge in [-0.3, -0.25) is 9.97 Å². The Morgan fingerprint density at radius 3 is 0.703 bits per heavy atom. The van der Waals surface area contributed by atoms with Crippen LogP contribution >= 0.6 is 23.2 Å². The van der Waals surface area contributed by atoms with Crippen LogP contribution in [0.1, 0.15) is 0 Å². The summed E-state index contributed by atoms with van der Waals surface area (Å²) in [6.07, 6.45) is 9.05. The van der Waals surface area contributed by atoms with Crippen molar-refractivity contribution in [2.24, 2.45) is 0 Å². The molecule has 0 aliphatic carbocycles. The number of aromatic nitrogens is 6. The van der Waals surface area contributed by atoms with E-state index in [9.17, 15) is 0 Å². The minimum Gasteiger partial charge on any atom is -0.305 e. The largest absolute Gasteiger partial charge is 3.00 e. The van der Waals surface area contributed by atoms with Gasteiger partial charge in [-0.15, -0.1) is 142 Å². The molecule has 26 aromatic rings. The van der Waals surface area contributed by atoms with Crippen molar-refractivity contribution in [3.05, 3.63) is 533 Å². The van der Waals surface area contributed by atoms with Gasteiger partial charge in [-0.2, -0.15) is 0 Å². The predicted octanol–water partition coefficient (Wildman–Crippen LogP) is 36.7. The van der Waals surface area contributed by atoms with Gasteiger partial charge in [0.25, 0.3) is 0 Å². The zero-order chi connectivity index (χ0) is 97.1. The van der Waals surface area contributed by atoms with Crippen LogP contribution in [0.2, 0.25) is 10.0 Å². The topological polar surface area (TPSA) is 77.3 Å². The van der Waals surface area contributed by atoms with E-state index in [2.05, 4.69) is 406 Å². The summed E-state index contributed by atoms with van der Waals surface area (Å²) >= 11 is 15.0. The van der Waals surface area contributed by atoms with Gasteiger partial charge >= 0.3 is 40.2 Å². The van der Waals surface area contributed by atoms with E-state index in [-0.39, 0.29) is 40.2 Å². The SMILES string of the molecule is Clc1ccc(-c2c[c-]c3c(c2)c2cccc4c5cc(-c6ccc(Cl)cc6-c6cc(-c7ccccc7-c7c[c-]c(-c8ccccn8)cc7-c7ccccc7)cc(-c7ccccc7-c7c[c-]c(-c8ccccn8)cc7-c7ccccc7)c6)c[c-]c5c5ncnc3c5c24)c(-c2cc(-c3ccccc3-c3c[c-]c(-c4ccccn4)cc3-c3ccccc3)cc(-c3ccccc3-c3c[c-]c(-c4ccccn4)cc3-c3ccccc3)c2)c1.[Ir+3].[Ir+3]. The quantitative estimate of drug-likeness (QED) is 0.0430. The third kappa shape index (κ3) is 17.5. The number of hydrogen-bond donors (Lipinski definition) is 0. The molecule has 0 unspecified atom stereocenters. The van der Waals surface area contributed by atoms with Crippen LogP contribution in [0.15, 0.2) is 486 Å². The van der Waals surface area contributed by atoms with Crippen molar-refractivity contribution in [1.29, 1.82) is 0 Å². The molecule has 0 saturated heterocycles. The van der Waals surface area contributed by atoms with E-state index in [0.29, 0.717) is 10.0 Å². The standard InChI is InChI=1S/C138H80Cl2N6.2Ir/c139-103-58-66-109(127(84-103)101-74-97(105-38-13-17-42-111(105)115-60-54-93(131-48-21-25-68-141-131)80-123(115)87-30-5-1-6-31-87)72-98(75-101)106-39-14-18-43-112(106)116-61-55-94(132-49-22-26-69-142-132)81-124(116)88-32-7-2-8-33-88)91-52-64-121-129(78-91)119-46-29-47-120-130-79-92(53-65-122(130)138-136(135(119)120)137(121)145-86-146-138)110-67-59-104(140)85-128(110)102-76-99(107-40-15-19-44-113(107)117-62-56-95(133-50-23-27-70-143-133)82-125(117)89-34-9-3-10-35-89)73-100(77-102)108-41-16-20-45-114(108)118-63-57-96(134-51-24-28-71-144-134)83-126(118)90-36-11-4-12-37-90;;/h1-53,58-63,66-86H;;/q-6;2*+3. The molecule has 0 aliphatic rings. The van der Waals surface area contributed by atoms with Gasteiger partial charge in [-0.05, 0) is 213 Å². The summed E-state index contributed by atoms with van der Waals surface area (Å²) < 4.78 is 0.